The Morgan fingerprint density at radius 3 is 2.29 bits per heavy atom. The van der Waals surface area contributed by atoms with Crippen molar-refractivity contribution in [2.24, 2.45) is 5.73 Å². The third-order valence-corrected chi connectivity index (χ3v) is 2.51. The van der Waals surface area contributed by atoms with Crippen molar-refractivity contribution in [2.45, 2.75) is 45.5 Å². The maximum atomic E-state index is 12.7. The van der Waals surface area contributed by atoms with E-state index in [1.807, 2.05) is 0 Å². The fraction of sp³-hybridized carbons (Fsp3) is 0.500. The summed E-state index contributed by atoms with van der Waals surface area (Å²) in [5.74, 6) is 0. The third-order valence-electron chi connectivity index (χ3n) is 2.51. The lowest BCUT2D eigenvalue weighted by Gasteiger charge is -2.21. The largest absolute Gasteiger partial charge is 0.444 e. The zero-order chi connectivity index (χ0) is 16.4. The van der Waals surface area contributed by atoms with Crippen LogP contribution >= 0.6 is 0 Å². The van der Waals surface area contributed by atoms with Crippen molar-refractivity contribution in [2.75, 3.05) is 5.32 Å². The Morgan fingerprint density at radius 1 is 1.29 bits per heavy atom. The first-order valence-electron chi connectivity index (χ1n) is 6.37. The molecule has 1 aromatic rings. The van der Waals surface area contributed by atoms with E-state index in [1.165, 1.54) is 6.07 Å². The molecular formula is C14H19F3N2O2. The van der Waals surface area contributed by atoms with Crippen molar-refractivity contribution in [1.82, 2.24) is 0 Å². The van der Waals surface area contributed by atoms with Gasteiger partial charge >= 0.3 is 12.3 Å². The van der Waals surface area contributed by atoms with Gasteiger partial charge in [-0.25, -0.2) is 4.79 Å². The molecule has 1 rings (SSSR count). The highest BCUT2D eigenvalue weighted by molar-refractivity contribution is 5.86. The van der Waals surface area contributed by atoms with Crippen LogP contribution in [0.1, 0.15) is 44.9 Å². The van der Waals surface area contributed by atoms with Crippen LogP contribution in [0.25, 0.3) is 0 Å². The second-order valence-corrected chi connectivity index (χ2v) is 5.72. The first-order valence-corrected chi connectivity index (χ1v) is 6.37. The number of carbonyl (C=O) groups is 1. The Morgan fingerprint density at radius 2 is 1.86 bits per heavy atom. The first-order chi connectivity index (χ1) is 9.40. The second kappa shape index (κ2) is 5.93. The van der Waals surface area contributed by atoms with Crippen LogP contribution in [0, 0.1) is 0 Å². The Balaban J connectivity index is 3.10. The molecule has 1 amide bonds. The SMILES string of the molecule is C[C@@H](N)c1ccc(C(F)(F)F)cc1NC(=O)OC(C)(C)C. The normalized spacial score (nSPS) is 13.7. The van der Waals surface area contributed by atoms with Gasteiger partial charge in [-0.2, -0.15) is 13.2 Å². The fourth-order valence-corrected chi connectivity index (χ4v) is 1.65. The molecule has 0 fully saturated rings. The topological polar surface area (TPSA) is 64.3 Å². The molecule has 0 unspecified atom stereocenters. The van der Waals surface area contributed by atoms with Crippen LogP contribution in [0.4, 0.5) is 23.7 Å². The highest BCUT2D eigenvalue weighted by Gasteiger charge is 2.31. The number of carbonyl (C=O) groups excluding carboxylic acids is 1. The first kappa shape index (κ1) is 17.3. The van der Waals surface area contributed by atoms with Gasteiger partial charge in [0.15, 0.2) is 0 Å². The number of hydrogen-bond donors (Lipinski definition) is 2. The van der Waals surface area contributed by atoms with Gasteiger partial charge in [0.1, 0.15) is 5.60 Å². The van der Waals surface area contributed by atoms with Crippen molar-refractivity contribution in [3.63, 3.8) is 0 Å². The van der Waals surface area contributed by atoms with E-state index >= 15 is 0 Å². The lowest BCUT2D eigenvalue weighted by Crippen LogP contribution is -2.28. The molecule has 3 N–H and O–H groups in total. The van der Waals surface area contributed by atoms with Gasteiger partial charge in [0.05, 0.1) is 5.56 Å². The van der Waals surface area contributed by atoms with Crippen LogP contribution in [0.2, 0.25) is 0 Å². The summed E-state index contributed by atoms with van der Waals surface area (Å²) in [5, 5.41) is 2.32. The van der Waals surface area contributed by atoms with Crippen molar-refractivity contribution >= 4 is 11.8 Å². The molecule has 1 aromatic carbocycles. The average Bonchev–Trinajstić information content (AvgIpc) is 2.24. The molecule has 0 saturated heterocycles. The van der Waals surface area contributed by atoms with Gasteiger partial charge in [0.2, 0.25) is 0 Å². The van der Waals surface area contributed by atoms with Crippen LogP contribution in [0.15, 0.2) is 18.2 Å². The van der Waals surface area contributed by atoms with Gasteiger partial charge in [-0.1, -0.05) is 6.07 Å². The average molecular weight is 304 g/mol. The van der Waals surface area contributed by atoms with Gasteiger partial charge in [-0.15, -0.1) is 0 Å². The van der Waals surface area contributed by atoms with Crippen LogP contribution in [0.3, 0.4) is 0 Å². The summed E-state index contributed by atoms with van der Waals surface area (Å²) in [6.07, 6.45) is -5.33. The Hall–Kier alpha value is -1.76. The number of benzene rings is 1. The zero-order valence-corrected chi connectivity index (χ0v) is 12.3. The number of amides is 1. The quantitative estimate of drug-likeness (QED) is 0.865. The molecule has 0 radical (unpaired) electrons. The van der Waals surface area contributed by atoms with E-state index in [1.54, 1.807) is 27.7 Å². The number of anilines is 1. The number of nitrogens with two attached hydrogens (primary N) is 1. The molecule has 0 bridgehead atoms. The highest BCUT2D eigenvalue weighted by Crippen LogP contribution is 2.33. The van der Waals surface area contributed by atoms with Gasteiger partial charge < -0.3 is 10.5 Å². The standard InChI is InChI=1S/C14H19F3N2O2/c1-8(18)10-6-5-9(14(15,16)17)7-11(10)19-12(20)21-13(2,3)4/h5-8H,18H2,1-4H3,(H,19,20)/t8-/m1/s1. The van der Waals surface area contributed by atoms with Crippen molar-refractivity contribution in [3.8, 4) is 0 Å². The smallest absolute Gasteiger partial charge is 0.416 e. The van der Waals surface area contributed by atoms with Gasteiger partial charge in [-0.05, 0) is 45.4 Å². The minimum Gasteiger partial charge on any atom is -0.444 e. The molecule has 0 saturated carbocycles. The molecule has 1 atom stereocenters. The van der Waals surface area contributed by atoms with E-state index in [0.717, 1.165) is 12.1 Å². The molecule has 0 aliphatic heterocycles. The monoisotopic (exact) mass is 304 g/mol. The van der Waals surface area contributed by atoms with Gasteiger partial charge in [-0.3, -0.25) is 5.32 Å². The maximum absolute atomic E-state index is 12.7. The number of halogens is 3. The van der Waals surface area contributed by atoms with Gasteiger partial charge in [0, 0.05) is 11.7 Å². The second-order valence-electron chi connectivity index (χ2n) is 5.72. The Labute approximate surface area is 121 Å². The van der Waals surface area contributed by atoms with Crippen molar-refractivity contribution < 1.29 is 22.7 Å². The summed E-state index contributed by atoms with van der Waals surface area (Å²) >= 11 is 0. The molecule has 118 valence electrons. The van der Waals surface area contributed by atoms with E-state index in [9.17, 15) is 18.0 Å². The minimum absolute atomic E-state index is 0.00549. The molecule has 4 nitrogen and oxygen atoms in total. The van der Waals surface area contributed by atoms with E-state index < -0.39 is 29.5 Å². The fourth-order valence-electron chi connectivity index (χ4n) is 1.65. The lowest BCUT2D eigenvalue weighted by atomic mass is 10.0. The molecule has 21 heavy (non-hydrogen) atoms. The number of nitrogens with one attached hydrogen (secondary N) is 1. The minimum atomic E-state index is -4.50. The highest BCUT2D eigenvalue weighted by atomic mass is 19.4. The van der Waals surface area contributed by atoms with E-state index in [0.29, 0.717) is 5.56 Å². The summed E-state index contributed by atoms with van der Waals surface area (Å²) < 4.78 is 43.2. The predicted octanol–water partition coefficient (Wildman–Crippen LogP) is 4.07. The van der Waals surface area contributed by atoms with Crippen LogP contribution in [-0.4, -0.2) is 11.7 Å². The van der Waals surface area contributed by atoms with E-state index in [2.05, 4.69) is 5.32 Å². The number of rotatable bonds is 2. The molecular weight excluding hydrogens is 285 g/mol. The molecule has 7 heteroatoms. The summed E-state index contributed by atoms with van der Waals surface area (Å²) in [5.41, 5.74) is 4.48. The van der Waals surface area contributed by atoms with Crippen molar-refractivity contribution in [1.29, 1.82) is 0 Å². The molecule has 0 spiro atoms. The number of alkyl halides is 3. The Bertz CT molecular complexity index is 520. The van der Waals surface area contributed by atoms with Crippen LogP contribution < -0.4 is 11.1 Å². The van der Waals surface area contributed by atoms with Gasteiger partial charge in [0.25, 0.3) is 0 Å². The lowest BCUT2D eigenvalue weighted by molar-refractivity contribution is -0.137. The maximum Gasteiger partial charge on any atom is 0.416 e. The van der Waals surface area contributed by atoms with Crippen LogP contribution in [0.5, 0.6) is 0 Å². The molecule has 0 aliphatic rings. The van der Waals surface area contributed by atoms with E-state index in [-0.39, 0.29) is 5.69 Å². The van der Waals surface area contributed by atoms with E-state index in [4.69, 9.17) is 10.5 Å². The summed E-state index contributed by atoms with van der Waals surface area (Å²) in [6.45, 7) is 6.59. The van der Waals surface area contributed by atoms with Crippen LogP contribution in [-0.2, 0) is 10.9 Å². The summed E-state index contributed by atoms with van der Waals surface area (Å²) in [6, 6.07) is 2.50. The molecule has 0 aromatic heterocycles. The molecule has 0 heterocycles. The van der Waals surface area contributed by atoms with Crippen molar-refractivity contribution in [3.05, 3.63) is 29.3 Å². The number of hydrogen-bond acceptors (Lipinski definition) is 3. The number of ether oxygens (including phenoxy) is 1. The summed E-state index contributed by atoms with van der Waals surface area (Å²) in [7, 11) is 0. The molecule has 0 aliphatic carbocycles. The zero-order valence-electron chi connectivity index (χ0n) is 12.3. The predicted molar refractivity (Wildman–Crippen MR) is 73.9 cm³/mol. The summed E-state index contributed by atoms with van der Waals surface area (Å²) in [4.78, 5) is 11.7. The third kappa shape index (κ3) is 5.26. The Kier molecular flexibility index (Phi) is 4.88.